The molecule has 3 rings (SSSR count). The van der Waals surface area contributed by atoms with Gasteiger partial charge in [0.1, 0.15) is 33.2 Å². The molecule has 0 aliphatic carbocycles. The molecule has 1 aromatic heterocycles. The van der Waals surface area contributed by atoms with Crippen LogP contribution in [0, 0.1) is 0 Å². The summed E-state index contributed by atoms with van der Waals surface area (Å²) in [5.41, 5.74) is 2.58. The number of aromatic nitrogens is 2. The van der Waals surface area contributed by atoms with Crippen molar-refractivity contribution in [3.05, 3.63) is 71.5 Å². The summed E-state index contributed by atoms with van der Waals surface area (Å²) < 4.78 is 27.4. The fraction of sp³-hybridized carbons (Fsp3) is 0.304. The van der Waals surface area contributed by atoms with Gasteiger partial charge in [-0.15, -0.1) is 0 Å². The van der Waals surface area contributed by atoms with Crippen molar-refractivity contribution in [3.8, 4) is 11.6 Å². The van der Waals surface area contributed by atoms with E-state index < -0.39 is 8.68 Å². The van der Waals surface area contributed by atoms with Crippen LogP contribution in [0.1, 0.15) is 36.5 Å². The lowest BCUT2D eigenvalue weighted by atomic mass is 10.0. The summed E-state index contributed by atoms with van der Waals surface area (Å²) in [6.45, 7) is 4.09. The first-order chi connectivity index (χ1) is 15.4. The average molecular weight is 474 g/mol. The zero-order valence-corrected chi connectivity index (χ0v) is 19.9. The molecule has 170 valence electrons. The number of nitrogens with one attached hydrogen (secondary N) is 1. The fourth-order valence-electron chi connectivity index (χ4n) is 3.17. The number of hydrogen-bond acceptors (Lipinski definition) is 7. The number of rotatable bonds is 10. The summed E-state index contributed by atoms with van der Waals surface area (Å²) in [5, 5.41) is 9.19. The van der Waals surface area contributed by atoms with Crippen molar-refractivity contribution in [1.82, 2.24) is 9.97 Å². The van der Waals surface area contributed by atoms with Gasteiger partial charge < -0.3 is 14.6 Å². The number of methoxy groups -OCH3 is 1. The van der Waals surface area contributed by atoms with Crippen LogP contribution < -0.4 is 14.2 Å². The molecule has 1 heterocycles. The quantitative estimate of drug-likeness (QED) is 0.464. The molecule has 1 atom stereocenters. The summed E-state index contributed by atoms with van der Waals surface area (Å²) in [6, 6.07) is 15.0. The molecule has 0 bridgehead atoms. The summed E-state index contributed by atoms with van der Waals surface area (Å²) in [5.74, 6) is 1.65. The number of aliphatic hydroxyl groups excluding tert-OH is 1. The van der Waals surface area contributed by atoms with Gasteiger partial charge in [0.25, 0.3) is 0 Å². The Morgan fingerprint density at radius 3 is 2.50 bits per heavy atom. The Balaban J connectivity index is 1.99. The van der Waals surface area contributed by atoms with Gasteiger partial charge in [0, 0.05) is 17.6 Å². The lowest BCUT2D eigenvalue weighted by Gasteiger charge is -2.17. The van der Waals surface area contributed by atoms with E-state index in [1.54, 1.807) is 19.2 Å². The fourth-order valence-corrected chi connectivity index (χ4v) is 4.78. The van der Waals surface area contributed by atoms with Crippen molar-refractivity contribution in [1.29, 1.82) is 0 Å². The van der Waals surface area contributed by atoms with Crippen molar-refractivity contribution in [2.45, 2.75) is 31.1 Å². The first-order valence-electron chi connectivity index (χ1n) is 10.2. The van der Waals surface area contributed by atoms with Crippen LogP contribution in [0.3, 0.4) is 0 Å². The predicted octanol–water partition coefficient (Wildman–Crippen LogP) is 3.70. The van der Waals surface area contributed by atoms with E-state index in [0.29, 0.717) is 34.4 Å². The highest BCUT2D eigenvalue weighted by Gasteiger charge is 2.20. The van der Waals surface area contributed by atoms with Crippen molar-refractivity contribution >= 4 is 25.7 Å². The minimum absolute atomic E-state index is 0.0648. The molecule has 0 aliphatic heterocycles. The Kier molecular flexibility index (Phi) is 8.00. The number of aliphatic hydroxyl groups is 1. The predicted molar refractivity (Wildman–Crippen MR) is 128 cm³/mol. The Hall–Kier alpha value is -2.75. The Morgan fingerprint density at radius 2 is 1.84 bits per heavy atom. The second kappa shape index (κ2) is 10.7. The smallest absolute Gasteiger partial charge is 0.222 e. The second-order valence-corrected chi connectivity index (χ2v) is 10.5. The maximum atomic E-state index is 13.4. The Morgan fingerprint density at radius 1 is 1.12 bits per heavy atom. The normalized spacial score (nSPS) is 12.9. The lowest BCUT2D eigenvalue weighted by Crippen LogP contribution is -2.16. The van der Waals surface area contributed by atoms with E-state index in [4.69, 9.17) is 20.7 Å². The number of hydrogen-bond donors (Lipinski definition) is 2. The van der Waals surface area contributed by atoms with Crippen LogP contribution in [0.2, 0.25) is 0 Å². The Bertz CT molecular complexity index is 1150. The largest absolute Gasteiger partial charge is 0.496 e. The van der Waals surface area contributed by atoms with Gasteiger partial charge in [-0.2, -0.15) is 0 Å². The zero-order chi connectivity index (χ0) is 23.1. The minimum Gasteiger partial charge on any atom is -0.496 e. The molecule has 7 nitrogen and oxygen atoms in total. The number of ether oxygens (including phenoxy) is 2. The molecule has 2 aromatic carbocycles. The van der Waals surface area contributed by atoms with Gasteiger partial charge in [-0.05, 0) is 35.2 Å². The molecule has 0 saturated carbocycles. The van der Waals surface area contributed by atoms with Gasteiger partial charge in [0.05, 0.1) is 24.2 Å². The highest BCUT2D eigenvalue weighted by atomic mass is 32.8. The molecule has 0 radical (unpaired) electrons. The summed E-state index contributed by atoms with van der Waals surface area (Å²) >= 11 is 5.46. The van der Waals surface area contributed by atoms with Gasteiger partial charge in [-0.25, -0.2) is 14.2 Å². The molecular weight excluding hydrogens is 446 g/mol. The summed E-state index contributed by atoms with van der Waals surface area (Å²) in [6.07, 6.45) is 1.67. The molecule has 1 unspecified atom stereocenters. The molecule has 9 heteroatoms. The van der Waals surface area contributed by atoms with Crippen LogP contribution in [-0.2, 0) is 26.3 Å². The van der Waals surface area contributed by atoms with Gasteiger partial charge >= 0.3 is 0 Å². The van der Waals surface area contributed by atoms with Crippen LogP contribution in [0.15, 0.2) is 59.8 Å². The monoisotopic (exact) mass is 473 g/mol. The molecular formula is C23H27N3O4S2. The van der Waals surface area contributed by atoms with Gasteiger partial charge in [-0.1, -0.05) is 44.2 Å². The Labute approximate surface area is 193 Å². The summed E-state index contributed by atoms with van der Waals surface area (Å²) in [7, 11) is -1.47. The van der Waals surface area contributed by atoms with Crippen LogP contribution >= 0.6 is 0 Å². The third kappa shape index (κ3) is 5.73. The molecule has 32 heavy (non-hydrogen) atoms. The third-order valence-corrected chi connectivity index (χ3v) is 7.07. The third-order valence-electron chi connectivity index (χ3n) is 4.88. The maximum absolute atomic E-state index is 13.4. The highest BCUT2D eigenvalue weighted by Crippen LogP contribution is 2.30. The van der Waals surface area contributed by atoms with E-state index >= 15 is 0 Å². The van der Waals surface area contributed by atoms with Gasteiger partial charge in [-0.3, -0.25) is 4.72 Å². The van der Waals surface area contributed by atoms with Crippen LogP contribution in [0.5, 0.6) is 11.6 Å². The number of benzene rings is 2. The maximum Gasteiger partial charge on any atom is 0.222 e. The molecule has 2 N–H and O–H groups in total. The van der Waals surface area contributed by atoms with Crippen molar-refractivity contribution < 1.29 is 18.8 Å². The van der Waals surface area contributed by atoms with Gasteiger partial charge in [0.15, 0.2) is 0 Å². The zero-order valence-electron chi connectivity index (χ0n) is 18.3. The van der Waals surface area contributed by atoms with E-state index in [9.17, 15) is 9.32 Å². The van der Waals surface area contributed by atoms with Gasteiger partial charge in [0.2, 0.25) is 5.88 Å². The summed E-state index contributed by atoms with van der Waals surface area (Å²) in [4.78, 5) is 9.01. The second-order valence-electron chi connectivity index (χ2n) is 7.40. The molecule has 0 spiro atoms. The SMILES string of the molecule is COc1ccccc1Cc1c(NS(=O)(=S)c2ccc(C(C)C)cc2)ncnc1OCCO. The standard InChI is InChI=1S/C23H27N3O4S2/c1-16(2)17-8-10-19(11-9-17)32(28,31)26-22-20(23(25-15-24-22)30-13-12-27)14-18-6-4-5-7-21(18)29-3/h4-11,15-16,27H,12-14H2,1-3H3,(H,24,25,26). The topological polar surface area (TPSA) is 93.6 Å². The van der Waals surface area contributed by atoms with Crippen LogP contribution in [0.25, 0.3) is 0 Å². The van der Waals surface area contributed by atoms with Crippen molar-refractivity contribution in [2.75, 3.05) is 25.0 Å². The van der Waals surface area contributed by atoms with E-state index in [2.05, 4.69) is 28.5 Å². The first kappa shape index (κ1) is 23.9. The number of nitrogens with zero attached hydrogens (tertiary/aromatic N) is 2. The number of para-hydroxylation sites is 1. The van der Waals surface area contributed by atoms with E-state index in [-0.39, 0.29) is 19.1 Å². The molecule has 0 amide bonds. The van der Waals surface area contributed by atoms with Crippen LogP contribution in [-0.4, -0.2) is 39.6 Å². The number of anilines is 1. The molecule has 3 aromatic rings. The molecule has 0 aliphatic rings. The van der Waals surface area contributed by atoms with Crippen molar-refractivity contribution in [3.63, 3.8) is 0 Å². The lowest BCUT2D eigenvalue weighted by molar-refractivity contribution is 0.195. The first-order valence-corrected chi connectivity index (χ1v) is 12.7. The van der Waals surface area contributed by atoms with E-state index in [1.807, 2.05) is 36.4 Å². The van der Waals surface area contributed by atoms with Crippen LogP contribution in [0.4, 0.5) is 5.82 Å². The van der Waals surface area contributed by atoms with Crippen molar-refractivity contribution in [2.24, 2.45) is 0 Å². The minimum atomic E-state index is -3.07. The highest BCUT2D eigenvalue weighted by molar-refractivity contribution is 8.33. The van der Waals surface area contributed by atoms with E-state index in [1.165, 1.54) is 6.33 Å². The molecule has 0 fully saturated rings. The van der Waals surface area contributed by atoms with E-state index in [0.717, 1.165) is 11.1 Å². The average Bonchev–Trinajstić information content (AvgIpc) is 2.79. The molecule has 0 saturated heterocycles.